The lowest BCUT2D eigenvalue weighted by Gasteiger charge is -2.25. The predicted molar refractivity (Wildman–Crippen MR) is 101 cm³/mol. The van der Waals surface area contributed by atoms with Gasteiger partial charge in [-0.3, -0.25) is 14.9 Å². The maximum absolute atomic E-state index is 12.6. The van der Waals surface area contributed by atoms with Crippen molar-refractivity contribution in [1.29, 1.82) is 0 Å². The summed E-state index contributed by atoms with van der Waals surface area (Å²) >= 11 is 0. The second-order valence-corrected chi connectivity index (χ2v) is 6.49. The van der Waals surface area contributed by atoms with Gasteiger partial charge in [0.1, 0.15) is 0 Å². The Labute approximate surface area is 153 Å². The molecule has 1 amide bonds. The lowest BCUT2D eigenvalue weighted by molar-refractivity contribution is -0.384. The van der Waals surface area contributed by atoms with Crippen LogP contribution in [-0.4, -0.2) is 28.8 Å². The Hall–Kier alpha value is -2.89. The number of benzene rings is 2. The molecule has 1 N–H and O–H groups in total. The number of nitro groups is 1. The van der Waals surface area contributed by atoms with Gasteiger partial charge in [0.2, 0.25) is 5.91 Å². The Bertz CT molecular complexity index is 747. The van der Waals surface area contributed by atoms with Gasteiger partial charge in [-0.1, -0.05) is 30.3 Å². The summed E-state index contributed by atoms with van der Waals surface area (Å²) in [5, 5.41) is 13.9. The Balaban J connectivity index is 1.46. The molecular weight excluding hydrogens is 330 g/mol. The van der Waals surface area contributed by atoms with Crippen LogP contribution in [-0.2, 0) is 4.79 Å². The summed E-state index contributed by atoms with van der Waals surface area (Å²) in [5.41, 5.74) is 2.11. The fourth-order valence-electron chi connectivity index (χ4n) is 3.40. The van der Waals surface area contributed by atoms with E-state index >= 15 is 0 Å². The van der Waals surface area contributed by atoms with Crippen molar-refractivity contribution in [3.8, 4) is 0 Å². The Kier molecular flexibility index (Phi) is 5.84. The van der Waals surface area contributed by atoms with E-state index in [-0.39, 0.29) is 17.6 Å². The largest absolute Gasteiger partial charge is 0.385 e. The molecule has 3 rings (SSSR count). The molecule has 136 valence electrons. The smallest absolute Gasteiger partial charge is 0.269 e. The van der Waals surface area contributed by atoms with Gasteiger partial charge in [0.25, 0.3) is 5.69 Å². The predicted octanol–water partition coefficient (Wildman–Crippen LogP) is 4.15. The Morgan fingerprint density at radius 3 is 2.58 bits per heavy atom. The molecule has 1 heterocycles. The van der Waals surface area contributed by atoms with Gasteiger partial charge in [0, 0.05) is 37.3 Å². The fourth-order valence-corrected chi connectivity index (χ4v) is 3.40. The third-order valence-corrected chi connectivity index (χ3v) is 4.73. The number of rotatable bonds is 7. The molecule has 1 aliphatic heterocycles. The van der Waals surface area contributed by atoms with E-state index in [9.17, 15) is 14.9 Å². The number of carbonyl (C=O) groups is 1. The minimum atomic E-state index is -0.415. The van der Waals surface area contributed by atoms with Gasteiger partial charge in [-0.2, -0.15) is 0 Å². The lowest BCUT2D eigenvalue weighted by atomic mass is 10.0. The molecule has 1 aliphatic rings. The molecule has 6 nitrogen and oxygen atoms in total. The number of nitro benzene ring substituents is 1. The van der Waals surface area contributed by atoms with Crippen LogP contribution >= 0.6 is 0 Å². The molecule has 2 aromatic rings. The van der Waals surface area contributed by atoms with Gasteiger partial charge in [0.05, 0.1) is 11.0 Å². The number of likely N-dealkylation sites (tertiary alicyclic amines) is 1. The molecule has 1 fully saturated rings. The number of non-ortho nitro benzene ring substituents is 1. The van der Waals surface area contributed by atoms with Crippen molar-refractivity contribution < 1.29 is 9.72 Å². The molecule has 1 saturated heterocycles. The van der Waals surface area contributed by atoms with Gasteiger partial charge in [-0.05, 0) is 37.0 Å². The topological polar surface area (TPSA) is 75.5 Å². The van der Waals surface area contributed by atoms with Gasteiger partial charge in [-0.15, -0.1) is 0 Å². The van der Waals surface area contributed by atoms with Crippen LogP contribution in [0.25, 0.3) is 0 Å². The van der Waals surface area contributed by atoms with Crippen LogP contribution < -0.4 is 5.32 Å². The van der Waals surface area contributed by atoms with Crippen molar-refractivity contribution in [2.45, 2.75) is 31.7 Å². The van der Waals surface area contributed by atoms with Crippen molar-refractivity contribution in [2.24, 2.45) is 0 Å². The first kappa shape index (κ1) is 17.9. The molecular formula is C20H23N3O3. The third-order valence-electron chi connectivity index (χ3n) is 4.73. The Morgan fingerprint density at radius 1 is 1.15 bits per heavy atom. The second-order valence-electron chi connectivity index (χ2n) is 6.49. The molecule has 1 atom stereocenters. The maximum atomic E-state index is 12.6. The van der Waals surface area contributed by atoms with E-state index in [1.807, 2.05) is 23.1 Å². The highest BCUT2D eigenvalue weighted by molar-refractivity contribution is 5.77. The van der Waals surface area contributed by atoms with E-state index in [0.717, 1.165) is 31.5 Å². The number of hydrogen-bond donors (Lipinski definition) is 1. The van der Waals surface area contributed by atoms with E-state index < -0.39 is 4.92 Å². The number of anilines is 1. The molecule has 0 aromatic heterocycles. The van der Waals surface area contributed by atoms with Gasteiger partial charge >= 0.3 is 0 Å². The maximum Gasteiger partial charge on any atom is 0.269 e. The molecule has 0 spiro atoms. The monoisotopic (exact) mass is 353 g/mol. The first-order valence-corrected chi connectivity index (χ1v) is 8.98. The average molecular weight is 353 g/mol. The zero-order valence-electron chi connectivity index (χ0n) is 14.6. The molecule has 1 unspecified atom stereocenters. The van der Waals surface area contributed by atoms with Crippen molar-refractivity contribution in [1.82, 2.24) is 4.90 Å². The van der Waals surface area contributed by atoms with E-state index in [1.165, 1.54) is 17.7 Å². The van der Waals surface area contributed by atoms with Gasteiger partial charge < -0.3 is 10.2 Å². The SMILES string of the molecule is O=C(CCCNc1ccc([N+](=O)[O-])cc1)N1CCCC1c1ccccc1. The van der Waals surface area contributed by atoms with Gasteiger partial charge in [0.15, 0.2) is 0 Å². The Morgan fingerprint density at radius 2 is 1.88 bits per heavy atom. The van der Waals surface area contributed by atoms with Gasteiger partial charge in [-0.25, -0.2) is 0 Å². The number of nitrogens with zero attached hydrogens (tertiary/aromatic N) is 2. The summed E-state index contributed by atoms with van der Waals surface area (Å²) in [6.45, 7) is 1.49. The zero-order valence-corrected chi connectivity index (χ0v) is 14.6. The van der Waals surface area contributed by atoms with Crippen molar-refractivity contribution in [3.63, 3.8) is 0 Å². The van der Waals surface area contributed by atoms with E-state index in [2.05, 4.69) is 17.4 Å². The molecule has 0 radical (unpaired) electrons. The quantitative estimate of drug-likeness (QED) is 0.461. The minimum Gasteiger partial charge on any atom is -0.385 e. The number of amides is 1. The molecule has 6 heteroatoms. The van der Waals surface area contributed by atoms with Crippen LogP contribution in [0.5, 0.6) is 0 Å². The second kappa shape index (κ2) is 8.47. The normalized spacial score (nSPS) is 16.5. The molecule has 0 saturated carbocycles. The average Bonchev–Trinajstić information content (AvgIpc) is 3.16. The van der Waals surface area contributed by atoms with Crippen LogP contribution in [0, 0.1) is 10.1 Å². The number of carbonyl (C=O) groups excluding carboxylic acids is 1. The molecule has 0 bridgehead atoms. The van der Waals surface area contributed by atoms with E-state index in [4.69, 9.17) is 0 Å². The van der Waals surface area contributed by atoms with Crippen molar-refractivity contribution in [3.05, 3.63) is 70.3 Å². The summed E-state index contributed by atoms with van der Waals surface area (Å²) in [4.78, 5) is 24.8. The van der Waals surface area contributed by atoms with Crippen LogP contribution in [0.1, 0.15) is 37.3 Å². The molecule has 0 aliphatic carbocycles. The molecule has 2 aromatic carbocycles. The van der Waals surface area contributed by atoms with Crippen LogP contribution in [0.2, 0.25) is 0 Å². The third kappa shape index (κ3) is 4.39. The first-order valence-electron chi connectivity index (χ1n) is 8.98. The number of hydrogen-bond acceptors (Lipinski definition) is 4. The summed E-state index contributed by atoms with van der Waals surface area (Å²) < 4.78 is 0. The number of nitrogens with one attached hydrogen (secondary N) is 1. The van der Waals surface area contributed by atoms with Crippen LogP contribution in [0.3, 0.4) is 0 Å². The molecule has 26 heavy (non-hydrogen) atoms. The summed E-state index contributed by atoms with van der Waals surface area (Å²) in [7, 11) is 0. The summed E-state index contributed by atoms with van der Waals surface area (Å²) in [6, 6.07) is 16.7. The summed E-state index contributed by atoms with van der Waals surface area (Å²) in [5.74, 6) is 0.196. The van der Waals surface area contributed by atoms with Crippen molar-refractivity contribution >= 4 is 17.3 Å². The van der Waals surface area contributed by atoms with E-state index in [0.29, 0.717) is 13.0 Å². The summed E-state index contributed by atoms with van der Waals surface area (Å²) in [6.07, 6.45) is 3.31. The van der Waals surface area contributed by atoms with Crippen LogP contribution in [0.15, 0.2) is 54.6 Å². The zero-order chi connectivity index (χ0) is 18.4. The fraction of sp³-hybridized carbons (Fsp3) is 0.350. The lowest BCUT2D eigenvalue weighted by Crippen LogP contribution is -2.30. The standard InChI is InChI=1S/C20H23N3O3/c24-20(22-15-5-8-19(22)16-6-2-1-3-7-16)9-4-14-21-17-10-12-18(13-11-17)23(25)26/h1-3,6-7,10-13,19,21H,4-5,8-9,14-15H2. The van der Waals surface area contributed by atoms with Crippen LogP contribution in [0.4, 0.5) is 11.4 Å². The van der Waals surface area contributed by atoms with Crippen molar-refractivity contribution in [2.75, 3.05) is 18.4 Å². The highest BCUT2D eigenvalue weighted by Crippen LogP contribution is 2.32. The highest BCUT2D eigenvalue weighted by atomic mass is 16.6. The minimum absolute atomic E-state index is 0.0757. The van der Waals surface area contributed by atoms with E-state index in [1.54, 1.807) is 12.1 Å². The highest BCUT2D eigenvalue weighted by Gasteiger charge is 2.29. The first-order chi connectivity index (χ1) is 12.6.